The van der Waals surface area contributed by atoms with E-state index in [1.165, 1.54) is 0 Å². The van der Waals surface area contributed by atoms with E-state index in [9.17, 15) is 4.79 Å². The Morgan fingerprint density at radius 2 is 1.71 bits per heavy atom. The van der Waals surface area contributed by atoms with E-state index < -0.39 is 5.41 Å². The minimum absolute atomic E-state index is 0.0171. The van der Waals surface area contributed by atoms with E-state index in [1.807, 2.05) is 57.2 Å². The van der Waals surface area contributed by atoms with Crippen molar-refractivity contribution in [3.05, 3.63) is 59.9 Å². The van der Waals surface area contributed by atoms with Gasteiger partial charge in [0.1, 0.15) is 0 Å². The Morgan fingerprint density at radius 1 is 1.14 bits per heavy atom. The number of nitrogen functional groups attached to an aromatic ring is 1. The van der Waals surface area contributed by atoms with E-state index in [0.29, 0.717) is 5.69 Å². The van der Waals surface area contributed by atoms with Crippen LogP contribution in [0.2, 0.25) is 0 Å². The van der Waals surface area contributed by atoms with Gasteiger partial charge >= 0.3 is 0 Å². The fourth-order valence-corrected chi connectivity index (χ4v) is 2.14. The molecular formula is C17H21N3O. The molecule has 0 bridgehead atoms. The first kappa shape index (κ1) is 15.0. The molecule has 0 spiro atoms. The number of benzene rings is 1. The van der Waals surface area contributed by atoms with Crippen molar-refractivity contribution in [2.24, 2.45) is 0 Å². The van der Waals surface area contributed by atoms with Gasteiger partial charge < -0.3 is 11.1 Å². The third-order valence-electron chi connectivity index (χ3n) is 3.75. The monoisotopic (exact) mass is 283 g/mol. The van der Waals surface area contributed by atoms with E-state index in [2.05, 4.69) is 10.3 Å². The van der Waals surface area contributed by atoms with E-state index in [-0.39, 0.29) is 11.9 Å². The van der Waals surface area contributed by atoms with Crippen molar-refractivity contribution in [2.45, 2.75) is 32.2 Å². The van der Waals surface area contributed by atoms with Crippen LogP contribution in [0.3, 0.4) is 0 Å². The molecule has 1 aromatic carbocycles. The number of carbonyl (C=O) groups is 1. The lowest BCUT2D eigenvalue weighted by atomic mass is 9.83. The third-order valence-corrected chi connectivity index (χ3v) is 3.75. The summed E-state index contributed by atoms with van der Waals surface area (Å²) in [7, 11) is 0. The van der Waals surface area contributed by atoms with Crippen LogP contribution in [0.4, 0.5) is 5.69 Å². The van der Waals surface area contributed by atoms with Gasteiger partial charge in [0.2, 0.25) is 5.91 Å². The minimum Gasteiger partial charge on any atom is -0.399 e. The zero-order chi connectivity index (χ0) is 15.5. The summed E-state index contributed by atoms with van der Waals surface area (Å²) >= 11 is 0. The second-order valence-corrected chi connectivity index (χ2v) is 5.72. The number of amides is 1. The van der Waals surface area contributed by atoms with Crippen molar-refractivity contribution in [3.8, 4) is 0 Å². The number of aromatic nitrogens is 1. The summed E-state index contributed by atoms with van der Waals surface area (Å²) in [6.45, 7) is 5.78. The summed E-state index contributed by atoms with van der Waals surface area (Å²) in [5, 5.41) is 3.05. The number of nitrogens with zero attached hydrogens (tertiary/aromatic N) is 1. The predicted octanol–water partition coefficient (Wildman–Crippen LogP) is 2.82. The molecule has 110 valence electrons. The first-order valence-electron chi connectivity index (χ1n) is 6.98. The largest absolute Gasteiger partial charge is 0.399 e. The van der Waals surface area contributed by atoms with Crippen LogP contribution in [0.5, 0.6) is 0 Å². The molecule has 0 radical (unpaired) electrons. The molecule has 1 heterocycles. The van der Waals surface area contributed by atoms with Crippen molar-refractivity contribution >= 4 is 11.6 Å². The number of hydrogen-bond acceptors (Lipinski definition) is 3. The highest BCUT2D eigenvalue weighted by Gasteiger charge is 2.30. The van der Waals surface area contributed by atoms with Crippen LogP contribution in [0.1, 0.15) is 37.9 Å². The number of hydrogen-bond donors (Lipinski definition) is 2. The lowest BCUT2D eigenvalue weighted by Gasteiger charge is -2.26. The molecule has 1 aromatic heterocycles. The summed E-state index contributed by atoms with van der Waals surface area (Å²) in [5.74, 6) is -0.0171. The van der Waals surface area contributed by atoms with Crippen LogP contribution >= 0.6 is 0 Å². The van der Waals surface area contributed by atoms with Gasteiger partial charge in [-0.05, 0) is 56.2 Å². The second kappa shape index (κ2) is 5.95. The first-order valence-corrected chi connectivity index (χ1v) is 6.98. The normalized spacial score (nSPS) is 12.7. The fraction of sp³-hybridized carbons (Fsp3) is 0.294. The third kappa shape index (κ3) is 3.40. The molecule has 0 saturated carbocycles. The van der Waals surface area contributed by atoms with Gasteiger partial charge in [0.05, 0.1) is 11.5 Å². The van der Waals surface area contributed by atoms with E-state index in [1.54, 1.807) is 12.4 Å². The first-order chi connectivity index (χ1) is 9.91. The quantitative estimate of drug-likeness (QED) is 0.848. The number of anilines is 1. The molecule has 1 atom stereocenters. The highest BCUT2D eigenvalue weighted by Crippen LogP contribution is 2.25. The number of carbonyl (C=O) groups excluding carboxylic acids is 1. The fourth-order valence-electron chi connectivity index (χ4n) is 2.14. The average Bonchev–Trinajstić information content (AvgIpc) is 2.48. The van der Waals surface area contributed by atoms with Crippen LogP contribution in [-0.4, -0.2) is 10.9 Å². The molecule has 4 nitrogen and oxygen atoms in total. The van der Waals surface area contributed by atoms with E-state index in [4.69, 9.17) is 5.73 Å². The summed E-state index contributed by atoms with van der Waals surface area (Å²) in [5.41, 5.74) is 7.75. The molecule has 0 aliphatic rings. The highest BCUT2D eigenvalue weighted by atomic mass is 16.2. The van der Waals surface area contributed by atoms with Gasteiger partial charge in [-0.15, -0.1) is 0 Å². The molecule has 21 heavy (non-hydrogen) atoms. The van der Waals surface area contributed by atoms with Gasteiger partial charge in [-0.25, -0.2) is 0 Å². The van der Waals surface area contributed by atoms with Crippen molar-refractivity contribution in [1.29, 1.82) is 0 Å². The van der Waals surface area contributed by atoms with Crippen LogP contribution in [-0.2, 0) is 10.2 Å². The standard InChI is InChI=1S/C17H21N3O/c1-12(13-8-10-19-11-9-13)20-16(21)17(2,3)14-4-6-15(18)7-5-14/h4-12H,18H2,1-3H3,(H,20,21)/t12-/m1/s1. The molecule has 0 unspecified atom stereocenters. The smallest absolute Gasteiger partial charge is 0.230 e. The lowest BCUT2D eigenvalue weighted by Crippen LogP contribution is -2.41. The van der Waals surface area contributed by atoms with Crippen LogP contribution in [0.15, 0.2) is 48.8 Å². The van der Waals surface area contributed by atoms with Gasteiger partial charge in [0.25, 0.3) is 0 Å². The maximum atomic E-state index is 12.6. The molecule has 0 aliphatic carbocycles. The van der Waals surface area contributed by atoms with Crippen LogP contribution in [0.25, 0.3) is 0 Å². The lowest BCUT2D eigenvalue weighted by molar-refractivity contribution is -0.126. The topological polar surface area (TPSA) is 68.0 Å². The zero-order valence-corrected chi connectivity index (χ0v) is 12.6. The van der Waals surface area contributed by atoms with Gasteiger partial charge in [-0.2, -0.15) is 0 Å². The van der Waals surface area contributed by atoms with Crippen molar-refractivity contribution in [2.75, 3.05) is 5.73 Å². The summed E-state index contributed by atoms with van der Waals surface area (Å²) in [6, 6.07) is 11.2. The summed E-state index contributed by atoms with van der Waals surface area (Å²) in [4.78, 5) is 16.6. The molecule has 0 fully saturated rings. The van der Waals surface area contributed by atoms with Crippen LogP contribution in [0, 0.1) is 0 Å². The van der Waals surface area contributed by atoms with Crippen molar-refractivity contribution in [1.82, 2.24) is 10.3 Å². The Hall–Kier alpha value is -2.36. The van der Waals surface area contributed by atoms with E-state index >= 15 is 0 Å². The van der Waals surface area contributed by atoms with Crippen molar-refractivity contribution < 1.29 is 4.79 Å². The molecule has 3 N–H and O–H groups in total. The minimum atomic E-state index is -0.616. The number of rotatable bonds is 4. The van der Waals surface area contributed by atoms with Crippen LogP contribution < -0.4 is 11.1 Å². The number of pyridine rings is 1. The Bertz CT molecular complexity index is 606. The molecule has 0 aliphatic heterocycles. The Labute approximate surface area is 125 Å². The Morgan fingerprint density at radius 3 is 2.29 bits per heavy atom. The van der Waals surface area contributed by atoms with Crippen molar-refractivity contribution in [3.63, 3.8) is 0 Å². The summed E-state index contributed by atoms with van der Waals surface area (Å²) < 4.78 is 0. The predicted molar refractivity (Wildman–Crippen MR) is 84.7 cm³/mol. The number of nitrogens with two attached hydrogens (primary N) is 1. The average molecular weight is 283 g/mol. The molecule has 4 heteroatoms. The molecular weight excluding hydrogens is 262 g/mol. The van der Waals surface area contributed by atoms with Gasteiger partial charge in [-0.1, -0.05) is 12.1 Å². The van der Waals surface area contributed by atoms with Gasteiger partial charge in [0.15, 0.2) is 0 Å². The molecule has 0 saturated heterocycles. The van der Waals surface area contributed by atoms with E-state index in [0.717, 1.165) is 11.1 Å². The van der Waals surface area contributed by atoms with Gasteiger partial charge in [0, 0.05) is 18.1 Å². The summed E-state index contributed by atoms with van der Waals surface area (Å²) in [6.07, 6.45) is 3.45. The molecule has 2 rings (SSSR count). The maximum Gasteiger partial charge on any atom is 0.230 e. The Kier molecular flexibility index (Phi) is 4.26. The number of nitrogens with one attached hydrogen (secondary N) is 1. The SMILES string of the molecule is C[C@@H](NC(=O)C(C)(C)c1ccc(N)cc1)c1ccncc1. The second-order valence-electron chi connectivity index (χ2n) is 5.72. The Balaban J connectivity index is 2.13. The molecule has 2 aromatic rings. The molecule has 1 amide bonds. The van der Waals surface area contributed by atoms with Gasteiger partial charge in [-0.3, -0.25) is 9.78 Å². The zero-order valence-electron chi connectivity index (χ0n) is 12.6. The highest BCUT2D eigenvalue weighted by molar-refractivity contribution is 5.87. The maximum absolute atomic E-state index is 12.6.